The Bertz CT molecular complexity index is 997. The molecule has 0 atom stereocenters. The lowest BCUT2D eigenvalue weighted by molar-refractivity contribution is 0.112. The van der Waals surface area contributed by atoms with Gasteiger partial charge in [0.2, 0.25) is 0 Å². The average Bonchev–Trinajstić information content (AvgIpc) is 2.52. The van der Waals surface area contributed by atoms with E-state index >= 15 is 0 Å². The van der Waals surface area contributed by atoms with Crippen molar-refractivity contribution in [3.63, 3.8) is 0 Å². The van der Waals surface area contributed by atoms with Crippen molar-refractivity contribution in [3.05, 3.63) is 34.4 Å². The van der Waals surface area contributed by atoms with Crippen molar-refractivity contribution in [2.45, 2.75) is 158 Å². The van der Waals surface area contributed by atoms with E-state index in [4.69, 9.17) is 22.9 Å². The molecule has 35 heavy (non-hydrogen) atoms. The van der Waals surface area contributed by atoms with E-state index in [0.29, 0.717) is 0 Å². The van der Waals surface area contributed by atoms with E-state index in [-0.39, 0.29) is 43.8 Å². The highest BCUT2D eigenvalue weighted by atomic mass is 14.8. The second-order valence-corrected chi connectivity index (χ2v) is 16.7. The Hall–Kier alpha value is -0.940. The summed E-state index contributed by atoms with van der Waals surface area (Å²) in [5.41, 5.74) is 32.0. The SMILES string of the molecule is CC(C)(N)CC(C)(C)c1cc(C2(C)CC(C)(N)C2)c(C2(C)CC(C)(N)C2)cc1C1(C)CC(C)(N)C1. The van der Waals surface area contributed by atoms with Gasteiger partial charge in [0.25, 0.3) is 0 Å². The second-order valence-electron chi connectivity index (χ2n) is 16.7. The predicted molar refractivity (Wildman–Crippen MR) is 150 cm³/mol. The Morgan fingerprint density at radius 3 is 1.23 bits per heavy atom. The van der Waals surface area contributed by atoms with Crippen LogP contribution in [0.25, 0.3) is 0 Å². The largest absolute Gasteiger partial charge is 0.326 e. The molecular weight excluding hydrogens is 428 g/mol. The maximum absolute atomic E-state index is 6.61. The van der Waals surface area contributed by atoms with Gasteiger partial charge in [-0.3, -0.25) is 0 Å². The number of nitrogens with two attached hydrogens (primary N) is 4. The molecule has 3 aliphatic carbocycles. The predicted octanol–water partition coefficient (Wildman–Crippen LogP) is 5.40. The minimum atomic E-state index is -0.250. The molecule has 0 spiro atoms. The van der Waals surface area contributed by atoms with Crippen LogP contribution in [0.3, 0.4) is 0 Å². The minimum Gasteiger partial charge on any atom is -0.326 e. The molecule has 4 rings (SSSR count). The van der Waals surface area contributed by atoms with Crippen LogP contribution in [0.1, 0.15) is 136 Å². The molecule has 1 aromatic rings. The Labute approximate surface area is 215 Å². The van der Waals surface area contributed by atoms with E-state index in [1.165, 1.54) is 22.3 Å². The number of rotatable bonds is 6. The molecule has 0 heterocycles. The third kappa shape index (κ3) is 4.85. The number of hydrogen-bond acceptors (Lipinski definition) is 4. The van der Waals surface area contributed by atoms with E-state index in [9.17, 15) is 0 Å². The van der Waals surface area contributed by atoms with Gasteiger partial charge in [-0.05, 0) is 123 Å². The fourth-order valence-electron chi connectivity index (χ4n) is 9.66. The van der Waals surface area contributed by atoms with E-state index in [2.05, 4.69) is 81.4 Å². The first-order valence-electron chi connectivity index (χ1n) is 13.8. The highest BCUT2D eigenvalue weighted by molar-refractivity contribution is 5.54. The molecule has 0 amide bonds. The van der Waals surface area contributed by atoms with Crippen molar-refractivity contribution in [1.29, 1.82) is 0 Å². The topological polar surface area (TPSA) is 104 Å². The molecule has 4 heteroatoms. The van der Waals surface area contributed by atoms with Crippen molar-refractivity contribution >= 4 is 0 Å². The molecule has 4 nitrogen and oxygen atoms in total. The molecule has 0 unspecified atom stereocenters. The van der Waals surface area contributed by atoms with Crippen molar-refractivity contribution in [2.24, 2.45) is 22.9 Å². The molecule has 8 N–H and O–H groups in total. The van der Waals surface area contributed by atoms with Crippen molar-refractivity contribution in [3.8, 4) is 0 Å². The van der Waals surface area contributed by atoms with Gasteiger partial charge in [0.1, 0.15) is 0 Å². The molecule has 3 saturated carbocycles. The summed E-state index contributed by atoms with van der Waals surface area (Å²) in [6, 6.07) is 5.18. The molecule has 0 radical (unpaired) electrons. The molecule has 1 aromatic carbocycles. The van der Waals surface area contributed by atoms with Crippen LogP contribution in [0, 0.1) is 0 Å². The fraction of sp³-hybridized carbons (Fsp3) is 0.806. The van der Waals surface area contributed by atoms with Gasteiger partial charge in [0.15, 0.2) is 0 Å². The maximum atomic E-state index is 6.61. The first kappa shape index (κ1) is 27.1. The van der Waals surface area contributed by atoms with Gasteiger partial charge in [-0.15, -0.1) is 0 Å². The molecule has 198 valence electrons. The van der Waals surface area contributed by atoms with Gasteiger partial charge in [0.05, 0.1) is 0 Å². The van der Waals surface area contributed by atoms with Gasteiger partial charge < -0.3 is 22.9 Å². The van der Waals surface area contributed by atoms with Crippen LogP contribution >= 0.6 is 0 Å². The lowest BCUT2D eigenvalue weighted by Crippen LogP contribution is -2.61. The van der Waals surface area contributed by atoms with Gasteiger partial charge >= 0.3 is 0 Å². The van der Waals surface area contributed by atoms with Crippen LogP contribution in [-0.4, -0.2) is 22.2 Å². The van der Waals surface area contributed by atoms with Crippen LogP contribution in [-0.2, 0) is 21.7 Å². The number of benzene rings is 1. The lowest BCUT2D eigenvalue weighted by atomic mass is 9.48. The Morgan fingerprint density at radius 1 is 0.600 bits per heavy atom. The third-order valence-corrected chi connectivity index (χ3v) is 9.50. The fourth-order valence-corrected chi connectivity index (χ4v) is 9.66. The maximum Gasteiger partial charge on any atom is 0.0142 e. The van der Waals surface area contributed by atoms with Gasteiger partial charge in [-0.2, -0.15) is 0 Å². The van der Waals surface area contributed by atoms with Crippen molar-refractivity contribution < 1.29 is 0 Å². The van der Waals surface area contributed by atoms with Crippen molar-refractivity contribution in [2.75, 3.05) is 0 Å². The molecule has 0 aromatic heterocycles. The minimum absolute atomic E-state index is 0.0561. The van der Waals surface area contributed by atoms with Gasteiger partial charge in [0, 0.05) is 22.2 Å². The average molecular weight is 483 g/mol. The Morgan fingerprint density at radius 2 is 0.914 bits per heavy atom. The highest BCUT2D eigenvalue weighted by Crippen LogP contribution is 2.59. The van der Waals surface area contributed by atoms with E-state index in [1.807, 2.05) is 0 Å². The van der Waals surface area contributed by atoms with Gasteiger partial charge in [-0.25, -0.2) is 0 Å². The van der Waals surface area contributed by atoms with Crippen LogP contribution in [0.4, 0.5) is 0 Å². The molecule has 0 saturated heterocycles. The summed E-state index contributed by atoms with van der Waals surface area (Å²) < 4.78 is 0. The standard InChI is InChI=1S/C31H54N4/c1-24(2,13-25(3,4)32)20-11-22(27(6)16-30(9,34)17-27)23(28(7)18-31(10,35)19-28)12-21(20)26(5)14-29(8,33)15-26/h11-12H,13-19,32-35H2,1-10H3. The van der Waals surface area contributed by atoms with E-state index in [0.717, 1.165) is 44.9 Å². The van der Waals surface area contributed by atoms with Crippen LogP contribution in [0.5, 0.6) is 0 Å². The lowest BCUT2D eigenvalue weighted by Gasteiger charge is -2.58. The molecule has 3 fully saturated rings. The summed E-state index contributed by atoms with van der Waals surface area (Å²) in [6.07, 6.45) is 7.02. The van der Waals surface area contributed by atoms with Crippen LogP contribution < -0.4 is 22.9 Å². The van der Waals surface area contributed by atoms with Crippen LogP contribution in [0.2, 0.25) is 0 Å². The molecule has 0 aliphatic heterocycles. The van der Waals surface area contributed by atoms with Gasteiger partial charge in [-0.1, -0.05) is 46.8 Å². The summed E-state index contributed by atoms with van der Waals surface area (Å²) in [6.45, 7) is 22.9. The Balaban J connectivity index is 1.94. The summed E-state index contributed by atoms with van der Waals surface area (Å²) in [4.78, 5) is 0. The smallest absolute Gasteiger partial charge is 0.0142 e. The summed E-state index contributed by atoms with van der Waals surface area (Å²) in [5.74, 6) is 0. The van der Waals surface area contributed by atoms with E-state index in [1.54, 1.807) is 0 Å². The first-order valence-corrected chi connectivity index (χ1v) is 13.8. The zero-order chi connectivity index (χ0) is 26.7. The summed E-state index contributed by atoms with van der Waals surface area (Å²) >= 11 is 0. The molecular formula is C31H54N4. The molecule has 3 aliphatic rings. The van der Waals surface area contributed by atoms with Crippen molar-refractivity contribution in [1.82, 2.24) is 0 Å². The Kier molecular flexibility index (Phi) is 5.68. The second kappa shape index (κ2) is 7.34. The van der Waals surface area contributed by atoms with Crippen LogP contribution in [0.15, 0.2) is 12.1 Å². The summed E-state index contributed by atoms with van der Waals surface area (Å²) in [5, 5.41) is 0. The third-order valence-electron chi connectivity index (χ3n) is 9.50. The number of hydrogen-bond donors (Lipinski definition) is 4. The highest BCUT2D eigenvalue weighted by Gasteiger charge is 2.55. The normalized spacial score (nSPS) is 43.8. The zero-order valence-electron chi connectivity index (χ0n) is 24.4. The van der Waals surface area contributed by atoms with E-state index < -0.39 is 0 Å². The first-order chi connectivity index (χ1) is 15.4. The molecule has 0 bridgehead atoms. The summed E-state index contributed by atoms with van der Waals surface area (Å²) in [7, 11) is 0. The monoisotopic (exact) mass is 482 g/mol. The zero-order valence-corrected chi connectivity index (χ0v) is 24.4. The quantitative estimate of drug-likeness (QED) is 0.436.